The third-order valence-corrected chi connectivity index (χ3v) is 7.31. The number of carbonyl (C=O) groups is 1. The fraction of sp³-hybridized carbons (Fsp3) is 0.438. The van der Waals surface area contributed by atoms with Crippen LogP contribution in [0.15, 0.2) is 60.3 Å². The van der Waals surface area contributed by atoms with E-state index in [1.165, 1.54) is 36.3 Å². The van der Waals surface area contributed by atoms with Crippen molar-refractivity contribution in [3.63, 3.8) is 0 Å². The average Bonchev–Trinajstić information content (AvgIpc) is 3.30. The van der Waals surface area contributed by atoms with Crippen LogP contribution in [0.2, 0.25) is 0 Å². The molecule has 3 aromatic rings. The van der Waals surface area contributed by atoms with Gasteiger partial charge in [-0.25, -0.2) is 9.48 Å². The number of hydrogen-bond acceptors (Lipinski definition) is 5. The fourth-order valence-electron chi connectivity index (χ4n) is 6.01. The highest BCUT2D eigenvalue weighted by atomic mass is 16.5. The van der Waals surface area contributed by atoms with Gasteiger partial charge in [0.25, 0.3) is 0 Å². The van der Waals surface area contributed by atoms with Gasteiger partial charge in [-0.3, -0.25) is 0 Å². The lowest BCUT2D eigenvalue weighted by molar-refractivity contribution is -0.139. The third kappa shape index (κ3) is 5.77. The van der Waals surface area contributed by atoms with Crippen LogP contribution in [0.1, 0.15) is 82.7 Å². The topological polar surface area (TPSA) is 62.6 Å². The Hall–Kier alpha value is -3.22. The van der Waals surface area contributed by atoms with Crippen molar-refractivity contribution in [2.24, 2.45) is 0 Å². The summed E-state index contributed by atoms with van der Waals surface area (Å²) in [5.41, 5.74) is 6.45. The first-order valence-corrected chi connectivity index (χ1v) is 13.5. The molecule has 200 valence electrons. The Morgan fingerprint density at radius 2 is 1.74 bits per heavy atom. The molecule has 0 N–H and O–H groups in total. The maximum absolute atomic E-state index is 11.5. The van der Waals surface area contributed by atoms with Crippen molar-refractivity contribution in [1.82, 2.24) is 9.78 Å². The minimum atomic E-state index is -0.365. The second-order valence-corrected chi connectivity index (χ2v) is 11.6. The second kappa shape index (κ2) is 10.5. The van der Waals surface area contributed by atoms with E-state index in [1.807, 2.05) is 23.0 Å². The molecule has 3 heterocycles. The van der Waals surface area contributed by atoms with Crippen molar-refractivity contribution in [2.75, 3.05) is 13.7 Å². The minimum Gasteiger partial charge on any atom is -0.466 e. The number of rotatable bonds is 5. The van der Waals surface area contributed by atoms with Gasteiger partial charge in [-0.05, 0) is 100 Å². The molecule has 0 spiro atoms. The van der Waals surface area contributed by atoms with Crippen molar-refractivity contribution < 1.29 is 19.0 Å². The maximum atomic E-state index is 11.5. The Morgan fingerprint density at radius 1 is 1.03 bits per heavy atom. The van der Waals surface area contributed by atoms with Crippen molar-refractivity contribution in [3.05, 3.63) is 77.0 Å². The summed E-state index contributed by atoms with van der Waals surface area (Å²) in [5.74, 6) is -0.365. The molecular weight excluding hydrogens is 476 g/mol. The smallest absolute Gasteiger partial charge is 0.330 e. The zero-order chi connectivity index (χ0) is 26.9. The molecule has 1 atom stereocenters. The summed E-state index contributed by atoms with van der Waals surface area (Å²) in [6, 6.07) is 15.0. The lowest BCUT2D eigenvalue weighted by Gasteiger charge is -2.43. The Labute approximate surface area is 225 Å². The summed E-state index contributed by atoms with van der Waals surface area (Å²) in [6.07, 6.45) is 10.2. The summed E-state index contributed by atoms with van der Waals surface area (Å²) < 4.78 is 19.2. The third-order valence-electron chi connectivity index (χ3n) is 7.31. The zero-order valence-corrected chi connectivity index (χ0v) is 23.1. The van der Waals surface area contributed by atoms with Gasteiger partial charge in [0, 0.05) is 18.1 Å². The zero-order valence-electron chi connectivity index (χ0n) is 23.1. The molecule has 0 aliphatic carbocycles. The standard InChI is InChI=1S/C32H38N2O4/c1-31(2)19-26(20-32(3,4)38-31)30(23-12-9-22(10-13-23)11-16-29(35)36-5)24-14-15-27-25(18-24)21-33-34(27)28-8-6-7-17-37-28/h9-16,18,21,28H,6-8,17,19-20H2,1-5H3/b16-11+. The van der Waals surface area contributed by atoms with Gasteiger partial charge in [-0.2, -0.15) is 5.10 Å². The predicted molar refractivity (Wildman–Crippen MR) is 151 cm³/mol. The van der Waals surface area contributed by atoms with Gasteiger partial charge < -0.3 is 14.2 Å². The van der Waals surface area contributed by atoms with Gasteiger partial charge in [0.1, 0.15) is 0 Å². The van der Waals surface area contributed by atoms with E-state index in [0.29, 0.717) is 0 Å². The van der Waals surface area contributed by atoms with Gasteiger partial charge in [-0.1, -0.05) is 35.9 Å². The Balaban J connectivity index is 1.58. The molecule has 0 amide bonds. The average molecular weight is 515 g/mol. The molecule has 2 aromatic carbocycles. The van der Waals surface area contributed by atoms with Crippen LogP contribution in [0.4, 0.5) is 0 Å². The van der Waals surface area contributed by atoms with Crippen LogP contribution < -0.4 is 0 Å². The highest BCUT2D eigenvalue weighted by Gasteiger charge is 2.38. The number of nitrogens with zero attached hydrogens (tertiary/aromatic N) is 2. The second-order valence-electron chi connectivity index (χ2n) is 11.6. The number of fused-ring (bicyclic) bond motifs is 1. The van der Waals surface area contributed by atoms with Gasteiger partial charge in [0.05, 0.1) is 30.0 Å². The lowest BCUT2D eigenvalue weighted by atomic mass is 9.79. The highest BCUT2D eigenvalue weighted by molar-refractivity contribution is 5.90. The van der Waals surface area contributed by atoms with E-state index in [-0.39, 0.29) is 23.4 Å². The molecule has 1 aromatic heterocycles. The summed E-state index contributed by atoms with van der Waals surface area (Å²) in [4.78, 5) is 11.5. The Morgan fingerprint density at radius 3 is 2.39 bits per heavy atom. The molecule has 2 saturated heterocycles. The molecule has 5 rings (SSSR count). The van der Waals surface area contributed by atoms with Crippen LogP contribution in [-0.4, -0.2) is 40.7 Å². The number of esters is 1. The quantitative estimate of drug-likeness (QED) is 0.269. The van der Waals surface area contributed by atoms with Gasteiger partial charge in [-0.15, -0.1) is 0 Å². The molecular formula is C32H38N2O4. The number of hydrogen-bond donors (Lipinski definition) is 0. The number of ether oxygens (including phenoxy) is 3. The van der Waals surface area contributed by atoms with E-state index in [9.17, 15) is 4.79 Å². The molecule has 0 saturated carbocycles. The fourth-order valence-corrected chi connectivity index (χ4v) is 6.01. The highest BCUT2D eigenvalue weighted by Crippen LogP contribution is 2.43. The first-order valence-electron chi connectivity index (χ1n) is 13.5. The molecule has 2 aliphatic heterocycles. The van der Waals surface area contributed by atoms with Crippen LogP contribution in [0.3, 0.4) is 0 Å². The Bertz CT molecular complexity index is 1350. The first kappa shape index (κ1) is 26.4. The molecule has 6 nitrogen and oxygen atoms in total. The number of methoxy groups -OCH3 is 1. The molecule has 0 bridgehead atoms. The van der Waals surface area contributed by atoms with E-state index in [4.69, 9.17) is 19.3 Å². The van der Waals surface area contributed by atoms with E-state index < -0.39 is 0 Å². The van der Waals surface area contributed by atoms with Crippen LogP contribution in [-0.2, 0) is 19.0 Å². The molecule has 2 fully saturated rings. The predicted octanol–water partition coefficient (Wildman–Crippen LogP) is 7.09. The van der Waals surface area contributed by atoms with Crippen molar-refractivity contribution >= 4 is 28.5 Å². The molecule has 0 radical (unpaired) electrons. The molecule has 38 heavy (non-hydrogen) atoms. The van der Waals surface area contributed by atoms with Crippen LogP contribution >= 0.6 is 0 Å². The van der Waals surface area contributed by atoms with Crippen molar-refractivity contribution in [1.29, 1.82) is 0 Å². The molecule has 6 heteroatoms. The number of benzene rings is 2. The largest absolute Gasteiger partial charge is 0.466 e. The first-order chi connectivity index (χ1) is 18.1. The SMILES string of the molecule is COC(=O)/C=C/c1ccc(C(=C2CC(C)(C)OC(C)(C)C2)c2ccc3c(cnn3C3CCCCO3)c2)cc1. The summed E-state index contributed by atoms with van der Waals surface area (Å²) in [7, 11) is 1.38. The monoisotopic (exact) mass is 514 g/mol. The van der Waals surface area contributed by atoms with E-state index in [1.54, 1.807) is 6.08 Å². The maximum Gasteiger partial charge on any atom is 0.330 e. The normalized spacial score (nSPS) is 21.1. The van der Waals surface area contributed by atoms with E-state index in [2.05, 4.69) is 58.0 Å². The van der Waals surface area contributed by atoms with Crippen LogP contribution in [0.5, 0.6) is 0 Å². The molecule has 2 aliphatic rings. The number of aromatic nitrogens is 2. The van der Waals surface area contributed by atoms with Gasteiger partial charge in [0.15, 0.2) is 6.23 Å². The summed E-state index contributed by atoms with van der Waals surface area (Å²) in [5, 5.41) is 5.82. The van der Waals surface area contributed by atoms with Crippen LogP contribution in [0.25, 0.3) is 22.6 Å². The van der Waals surface area contributed by atoms with E-state index >= 15 is 0 Å². The minimum absolute atomic E-state index is 0.00704. The van der Waals surface area contributed by atoms with Crippen molar-refractivity contribution in [2.45, 2.75) is 77.2 Å². The summed E-state index contributed by atoms with van der Waals surface area (Å²) in [6.45, 7) is 9.47. The Kier molecular flexibility index (Phi) is 7.30. The van der Waals surface area contributed by atoms with E-state index in [0.717, 1.165) is 54.3 Å². The number of carbonyl (C=O) groups excluding carboxylic acids is 1. The van der Waals surface area contributed by atoms with Crippen molar-refractivity contribution in [3.8, 4) is 0 Å². The van der Waals surface area contributed by atoms with Crippen LogP contribution in [0, 0.1) is 0 Å². The summed E-state index contributed by atoms with van der Waals surface area (Å²) >= 11 is 0. The molecule has 1 unspecified atom stereocenters. The van der Waals surface area contributed by atoms with Gasteiger partial charge in [0.2, 0.25) is 0 Å². The van der Waals surface area contributed by atoms with Gasteiger partial charge >= 0.3 is 5.97 Å². The lowest BCUT2D eigenvalue weighted by Crippen LogP contribution is -2.42.